The molecule has 0 fully saturated rings. The maximum absolute atomic E-state index is 9.58. The Hall–Kier alpha value is -1.51. The van der Waals surface area contributed by atoms with Crippen molar-refractivity contribution in [2.45, 2.75) is 20.8 Å². The number of oxime groups is 1. The number of aryl methyl sites for hydroxylation is 2. The number of phenols is 1. The van der Waals surface area contributed by atoms with E-state index >= 15 is 0 Å². The molecular formula is C10H13NO2. The molecule has 0 amide bonds. The van der Waals surface area contributed by atoms with Gasteiger partial charge in [0.1, 0.15) is 5.75 Å². The Bertz CT molecular complexity index is 333. The van der Waals surface area contributed by atoms with E-state index in [4.69, 9.17) is 5.21 Å². The fraction of sp³-hybridized carbons (Fsp3) is 0.300. The highest BCUT2D eigenvalue weighted by Crippen LogP contribution is 2.23. The lowest BCUT2D eigenvalue weighted by Gasteiger charge is -2.07. The van der Waals surface area contributed by atoms with Crippen molar-refractivity contribution >= 4 is 5.71 Å². The van der Waals surface area contributed by atoms with E-state index in [2.05, 4.69) is 5.16 Å². The van der Waals surface area contributed by atoms with Crippen molar-refractivity contribution in [1.82, 2.24) is 0 Å². The van der Waals surface area contributed by atoms with E-state index in [1.807, 2.05) is 19.9 Å². The molecule has 3 heteroatoms. The van der Waals surface area contributed by atoms with Gasteiger partial charge in [-0.3, -0.25) is 0 Å². The second kappa shape index (κ2) is 3.47. The molecule has 0 bridgehead atoms. The van der Waals surface area contributed by atoms with Crippen molar-refractivity contribution in [3.8, 4) is 5.75 Å². The molecule has 0 aromatic heterocycles. The molecule has 0 atom stereocenters. The van der Waals surface area contributed by atoms with Crippen molar-refractivity contribution in [2.75, 3.05) is 0 Å². The van der Waals surface area contributed by atoms with Crippen molar-refractivity contribution in [3.05, 3.63) is 28.8 Å². The standard InChI is InChI=1S/C10H13NO2/c1-6-4-7(2)10(8(3)11-13)9(12)5-6/h4-5,12-13H,1-3H3/b11-8+. The molecule has 1 rings (SSSR count). The molecule has 0 spiro atoms. The van der Waals surface area contributed by atoms with E-state index in [1.54, 1.807) is 13.0 Å². The van der Waals surface area contributed by atoms with E-state index in [0.29, 0.717) is 11.3 Å². The Morgan fingerprint density at radius 3 is 2.38 bits per heavy atom. The molecule has 3 nitrogen and oxygen atoms in total. The molecule has 0 saturated carbocycles. The van der Waals surface area contributed by atoms with Crippen LogP contribution in [0, 0.1) is 13.8 Å². The maximum atomic E-state index is 9.58. The van der Waals surface area contributed by atoms with Crippen molar-refractivity contribution in [3.63, 3.8) is 0 Å². The predicted molar refractivity (Wildman–Crippen MR) is 51.6 cm³/mol. The average Bonchev–Trinajstić information content (AvgIpc) is 2.02. The number of rotatable bonds is 1. The number of aromatic hydroxyl groups is 1. The molecule has 1 aromatic carbocycles. The third-order valence-electron chi connectivity index (χ3n) is 1.97. The maximum Gasteiger partial charge on any atom is 0.125 e. The van der Waals surface area contributed by atoms with Crippen LogP contribution in [-0.2, 0) is 0 Å². The van der Waals surface area contributed by atoms with Gasteiger partial charge in [-0.15, -0.1) is 0 Å². The van der Waals surface area contributed by atoms with E-state index in [1.165, 1.54) is 0 Å². The highest BCUT2D eigenvalue weighted by molar-refractivity contribution is 6.02. The fourth-order valence-corrected chi connectivity index (χ4v) is 1.47. The summed E-state index contributed by atoms with van der Waals surface area (Å²) < 4.78 is 0. The van der Waals surface area contributed by atoms with Crippen LogP contribution in [0.5, 0.6) is 5.75 Å². The molecule has 0 aliphatic carbocycles. The van der Waals surface area contributed by atoms with Gasteiger partial charge < -0.3 is 10.3 Å². The van der Waals surface area contributed by atoms with Gasteiger partial charge >= 0.3 is 0 Å². The summed E-state index contributed by atoms with van der Waals surface area (Å²) in [5.74, 6) is 0.160. The lowest BCUT2D eigenvalue weighted by molar-refractivity contribution is 0.318. The van der Waals surface area contributed by atoms with Crippen LogP contribution in [0.1, 0.15) is 23.6 Å². The van der Waals surface area contributed by atoms with Crippen molar-refractivity contribution in [2.24, 2.45) is 5.16 Å². The van der Waals surface area contributed by atoms with E-state index in [0.717, 1.165) is 11.1 Å². The van der Waals surface area contributed by atoms with Gasteiger partial charge in [-0.1, -0.05) is 11.2 Å². The van der Waals surface area contributed by atoms with Crippen LogP contribution >= 0.6 is 0 Å². The molecular weight excluding hydrogens is 166 g/mol. The minimum absolute atomic E-state index is 0.160. The molecule has 0 aliphatic heterocycles. The van der Waals surface area contributed by atoms with E-state index < -0.39 is 0 Å². The summed E-state index contributed by atoms with van der Waals surface area (Å²) in [5.41, 5.74) is 2.93. The summed E-state index contributed by atoms with van der Waals surface area (Å²) in [4.78, 5) is 0. The van der Waals surface area contributed by atoms with Gasteiger partial charge in [-0.25, -0.2) is 0 Å². The van der Waals surface area contributed by atoms with Crippen LogP contribution < -0.4 is 0 Å². The number of nitrogens with zero attached hydrogens (tertiary/aromatic N) is 1. The number of hydrogen-bond acceptors (Lipinski definition) is 3. The van der Waals surface area contributed by atoms with Gasteiger partial charge in [-0.2, -0.15) is 0 Å². The molecule has 1 aromatic rings. The third kappa shape index (κ3) is 1.80. The highest BCUT2D eigenvalue weighted by Gasteiger charge is 2.08. The normalized spacial score (nSPS) is 11.8. The molecule has 2 N–H and O–H groups in total. The zero-order valence-electron chi connectivity index (χ0n) is 8.00. The summed E-state index contributed by atoms with van der Waals surface area (Å²) in [7, 11) is 0. The second-order valence-corrected chi connectivity index (χ2v) is 3.16. The zero-order valence-corrected chi connectivity index (χ0v) is 8.00. The van der Waals surface area contributed by atoms with E-state index in [-0.39, 0.29) is 5.75 Å². The Labute approximate surface area is 77.3 Å². The molecule has 0 radical (unpaired) electrons. The van der Waals surface area contributed by atoms with E-state index in [9.17, 15) is 5.11 Å². The summed E-state index contributed by atoms with van der Waals surface area (Å²) in [5, 5.41) is 21.2. The van der Waals surface area contributed by atoms with Gasteiger partial charge in [0.25, 0.3) is 0 Å². The predicted octanol–water partition coefficient (Wildman–Crippen LogP) is 2.21. The first kappa shape index (κ1) is 9.58. The van der Waals surface area contributed by atoms with Crippen molar-refractivity contribution in [1.29, 1.82) is 0 Å². The Morgan fingerprint density at radius 2 is 1.92 bits per heavy atom. The summed E-state index contributed by atoms with van der Waals surface area (Å²) in [6, 6.07) is 3.58. The molecule has 0 aliphatic rings. The molecule has 0 unspecified atom stereocenters. The van der Waals surface area contributed by atoms with Gasteiger partial charge in [0.05, 0.1) is 5.71 Å². The molecule has 0 saturated heterocycles. The first-order chi connectivity index (χ1) is 6.06. The van der Waals surface area contributed by atoms with Crippen LogP contribution in [0.25, 0.3) is 0 Å². The smallest absolute Gasteiger partial charge is 0.125 e. The van der Waals surface area contributed by atoms with Crippen LogP contribution in [0.4, 0.5) is 0 Å². The molecule has 70 valence electrons. The summed E-state index contributed by atoms with van der Waals surface area (Å²) in [6.45, 7) is 5.43. The highest BCUT2D eigenvalue weighted by atomic mass is 16.4. The second-order valence-electron chi connectivity index (χ2n) is 3.16. The van der Waals surface area contributed by atoms with Gasteiger partial charge in [0, 0.05) is 5.56 Å². The average molecular weight is 179 g/mol. The summed E-state index contributed by atoms with van der Waals surface area (Å²) >= 11 is 0. The van der Waals surface area contributed by atoms with Crippen molar-refractivity contribution < 1.29 is 10.3 Å². The van der Waals surface area contributed by atoms with Gasteiger partial charge in [0.15, 0.2) is 0 Å². The topological polar surface area (TPSA) is 52.8 Å². The minimum Gasteiger partial charge on any atom is -0.507 e. The van der Waals surface area contributed by atoms with Crippen LogP contribution in [0.15, 0.2) is 17.3 Å². The minimum atomic E-state index is 0.160. The molecule has 0 heterocycles. The monoisotopic (exact) mass is 179 g/mol. The Kier molecular flexibility index (Phi) is 2.56. The van der Waals surface area contributed by atoms with Crippen LogP contribution in [0.3, 0.4) is 0 Å². The van der Waals surface area contributed by atoms with Crippen LogP contribution in [-0.4, -0.2) is 16.0 Å². The first-order valence-corrected chi connectivity index (χ1v) is 4.05. The SMILES string of the molecule is C/C(=N\O)c1c(C)cc(C)cc1O. The fourth-order valence-electron chi connectivity index (χ4n) is 1.47. The van der Waals surface area contributed by atoms with Crippen LogP contribution in [0.2, 0.25) is 0 Å². The lowest BCUT2D eigenvalue weighted by Crippen LogP contribution is -1.99. The third-order valence-corrected chi connectivity index (χ3v) is 1.97. The lowest BCUT2D eigenvalue weighted by atomic mass is 10.0. The molecule has 13 heavy (non-hydrogen) atoms. The largest absolute Gasteiger partial charge is 0.507 e. The Morgan fingerprint density at radius 1 is 1.31 bits per heavy atom. The zero-order chi connectivity index (χ0) is 10.0. The van der Waals surface area contributed by atoms with Gasteiger partial charge in [-0.05, 0) is 38.0 Å². The van der Waals surface area contributed by atoms with Gasteiger partial charge in [0.2, 0.25) is 0 Å². The number of phenolic OH excluding ortho intramolecular Hbond substituents is 1. The number of hydrogen-bond donors (Lipinski definition) is 2. The quantitative estimate of drug-likeness (QED) is 0.394. The summed E-state index contributed by atoms with van der Waals surface area (Å²) in [6.07, 6.45) is 0. The first-order valence-electron chi connectivity index (χ1n) is 4.05. The number of benzene rings is 1. The Balaban J connectivity index is 3.37.